The molecular weight excluding hydrogens is 244 g/mol. The molecule has 0 aromatic carbocycles. The molecule has 18 heavy (non-hydrogen) atoms. The van der Waals surface area contributed by atoms with Crippen LogP contribution in [0.5, 0.6) is 0 Å². The molecule has 0 bridgehead atoms. The summed E-state index contributed by atoms with van der Waals surface area (Å²) >= 11 is 1.72. The maximum absolute atomic E-state index is 5.65. The highest BCUT2D eigenvalue weighted by atomic mass is 32.1. The smallest absolute Gasteiger partial charge is 0.0797 e. The van der Waals surface area contributed by atoms with E-state index in [9.17, 15) is 0 Å². The third-order valence-electron chi connectivity index (χ3n) is 2.69. The number of aromatic nitrogens is 1. The van der Waals surface area contributed by atoms with Crippen LogP contribution in [0.2, 0.25) is 0 Å². The van der Waals surface area contributed by atoms with Crippen molar-refractivity contribution in [3.63, 3.8) is 0 Å². The molecule has 0 saturated heterocycles. The Labute approximate surface area is 115 Å². The van der Waals surface area contributed by atoms with Crippen molar-refractivity contribution in [2.24, 2.45) is 0 Å². The van der Waals surface area contributed by atoms with E-state index < -0.39 is 0 Å². The fraction of sp³-hybridized carbons (Fsp3) is 0.786. The van der Waals surface area contributed by atoms with Gasteiger partial charge in [-0.15, -0.1) is 11.3 Å². The number of aryl methyl sites for hydroxylation is 1. The molecule has 4 heteroatoms. The first kappa shape index (κ1) is 15.6. The molecular formula is C14H26N2OS. The van der Waals surface area contributed by atoms with Gasteiger partial charge in [-0.05, 0) is 47.1 Å². The zero-order valence-electron chi connectivity index (χ0n) is 12.1. The number of thiazole rings is 1. The van der Waals surface area contributed by atoms with Gasteiger partial charge in [0.2, 0.25) is 0 Å². The van der Waals surface area contributed by atoms with Crippen molar-refractivity contribution in [2.45, 2.75) is 52.5 Å². The second-order valence-corrected chi connectivity index (χ2v) is 6.55. The van der Waals surface area contributed by atoms with Gasteiger partial charge in [-0.2, -0.15) is 0 Å². The quantitative estimate of drug-likeness (QED) is 0.737. The zero-order chi connectivity index (χ0) is 13.4. The minimum atomic E-state index is 0.227. The molecule has 0 amide bonds. The molecule has 104 valence electrons. The third kappa shape index (κ3) is 7.09. The highest BCUT2D eigenvalue weighted by molar-refractivity contribution is 7.09. The van der Waals surface area contributed by atoms with Crippen molar-refractivity contribution in [3.05, 3.63) is 16.1 Å². The Morgan fingerprint density at radius 1 is 1.28 bits per heavy atom. The van der Waals surface area contributed by atoms with Gasteiger partial charge in [-0.1, -0.05) is 0 Å². The molecule has 1 aromatic heterocycles. The Balaban J connectivity index is 1.92. The van der Waals surface area contributed by atoms with Gasteiger partial charge in [0, 0.05) is 23.4 Å². The number of hydrogen-bond acceptors (Lipinski definition) is 4. The summed E-state index contributed by atoms with van der Waals surface area (Å²) in [5, 5.41) is 3.48. The van der Waals surface area contributed by atoms with E-state index in [1.54, 1.807) is 11.3 Å². The van der Waals surface area contributed by atoms with E-state index in [1.165, 1.54) is 11.3 Å². The van der Waals surface area contributed by atoms with Crippen LogP contribution >= 0.6 is 11.3 Å². The first-order chi connectivity index (χ1) is 8.49. The lowest BCUT2D eigenvalue weighted by atomic mass is 10.1. The first-order valence-corrected chi connectivity index (χ1v) is 7.59. The van der Waals surface area contributed by atoms with Crippen LogP contribution in [0.1, 0.15) is 44.2 Å². The summed E-state index contributed by atoms with van der Waals surface area (Å²) in [7, 11) is 0. The summed E-state index contributed by atoms with van der Waals surface area (Å²) in [4.78, 5) is 5.58. The monoisotopic (exact) mass is 270 g/mol. The lowest BCUT2D eigenvalue weighted by Gasteiger charge is -2.20. The maximum atomic E-state index is 5.65. The van der Waals surface area contributed by atoms with Crippen molar-refractivity contribution in [3.8, 4) is 0 Å². The van der Waals surface area contributed by atoms with E-state index in [0.29, 0.717) is 0 Å². The molecule has 0 aliphatic heterocycles. The number of nitrogens with one attached hydrogen (secondary N) is 1. The molecule has 1 aromatic rings. The number of unbranched alkanes of at least 4 members (excludes halogenated alkanes) is 1. The number of nitrogens with zero attached hydrogens (tertiary/aromatic N) is 1. The predicted molar refractivity (Wildman–Crippen MR) is 78.4 cm³/mol. The number of hydrogen-bond donors (Lipinski definition) is 1. The van der Waals surface area contributed by atoms with Crippen LogP contribution in [-0.4, -0.2) is 30.3 Å². The van der Waals surface area contributed by atoms with E-state index >= 15 is 0 Å². The van der Waals surface area contributed by atoms with Crippen LogP contribution in [0.4, 0.5) is 0 Å². The van der Waals surface area contributed by atoms with Gasteiger partial charge in [-0.3, -0.25) is 0 Å². The Hall–Kier alpha value is -0.450. The second-order valence-electron chi connectivity index (χ2n) is 5.61. The highest BCUT2D eigenvalue weighted by Gasteiger charge is 2.06. The number of ether oxygens (including phenoxy) is 1. The normalized spacial score (nSPS) is 12.0. The topological polar surface area (TPSA) is 34.1 Å². The van der Waals surface area contributed by atoms with Gasteiger partial charge < -0.3 is 10.1 Å². The molecule has 3 nitrogen and oxygen atoms in total. The minimum absolute atomic E-state index is 0.227. The van der Waals surface area contributed by atoms with Crippen LogP contribution in [0.15, 0.2) is 5.51 Å². The van der Waals surface area contributed by atoms with Gasteiger partial charge in [0.05, 0.1) is 17.8 Å². The van der Waals surface area contributed by atoms with Crippen LogP contribution in [0.25, 0.3) is 0 Å². The Bertz CT molecular complexity index is 331. The van der Waals surface area contributed by atoms with Gasteiger partial charge in [-0.25, -0.2) is 4.98 Å². The largest absolute Gasteiger partial charge is 0.381 e. The van der Waals surface area contributed by atoms with Crippen molar-refractivity contribution in [1.29, 1.82) is 0 Å². The standard InChI is InChI=1S/C14H26N2OS/c1-12-13(18-11-15-12)7-10-17-9-6-5-8-16-14(2,3)4/h11,16H,5-10H2,1-4H3. The van der Waals surface area contributed by atoms with E-state index in [0.717, 1.165) is 38.3 Å². The Morgan fingerprint density at radius 3 is 2.67 bits per heavy atom. The summed E-state index contributed by atoms with van der Waals surface area (Å²) in [6, 6.07) is 0. The molecule has 0 unspecified atom stereocenters. The molecule has 1 rings (SSSR count). The Morgan fingerprint density at radius 2 is 2.06 bits per heavy atom. The van der Waals surface area contributed by atoms with Crippen molar-refractivity contribution < 1.29 is 4.74 Å². The van der Waals surface area contributed by atoms with Gasteiger partial charge in [0.15, 0.2) is 0 Å². The van der Waals surface area contributed by atoms with E-state index in [2.05, 4.69) is 38.0 Å². The average molecular weight is 270 g/mol. The molecule has 0 aliphatic carbocycles. The lowest BCUT2D eigenvalue weighted by Crippen LogP contribution is -2.36. The molecule has 0 aliphatic rings. The lowest BCUT2D eigenvalue weighted by molar-refractivity contribution is 0.133. The summed E-state index contributed by atoms with van der Waals surface area (Å²) in [5.74, 6) is 0. The molecule has 0 radical (unpaired) electrons. The Kier molecular flexibility index (Phi) is 6.82. The van der Waals surface area contributed by atoms with Crippen molar-refractivity contribution in [2.75, 3.05) is 19.8 Å². The molecule has 1 heterocycles. The summed E-state index contributed by atoms with van der Waals surface area (Å²) < 4.78 is 5.65. The molecule has 0 fully saturated rings. The first-order valence-electron chi connectivity index (χ1n) is 6.71. The third-order valence-corrected chi connectivity index (χ3v) is 3.68. The van der Waals surface area contributed by atoms with Crippen LogP contribution in [-0.2, 0) is 11.2 Å². The summed E-state index contributed by atoms with van der Waals surface area (Å²) in [6.07, 6.45) is 3.30. The summed E-state index contributed by atoms with van der Waals surface area (Å²) in [6.45, 7) is 11.4. The van der Waals surface area contributed by atoms with Gasteiger partial charge >= 0.3 is 0 Å². The van der Waals surface area contributed by atoms with Gasteiger partial charge in [0.25, 0.3) is 0 Å². The van der Waals surface area contributed by atoms with Crippen LogP contribution < -0.4 is 5.32 Å². The predicted octanol–water partition coefficient (Wildman–Crippen LogP) is 3.18. The van der Waals surface area contributed by atoms with E-state index in [1.807, 2.05) is 5.51 Å². The fourth-order valence-corrected chi connectivity index (χ4v) is 2.39. The second kappa shape index (κ2) is 7.87. The summed E-state index contributed by atoms with van der Waals surface area (Å²) in [5.41, 5.74) is 3.28. The fourth-order valence-electron chi connectivity index (χ4n) is 1.63. The molecule has 0 saturated carbocycles. The van der Waals surface area contributed by atoms with Gasteiger partial charge in [0.1, 0.15) is 0 Å². The van der Waals surface area contributed by atoms with Crippen molar-refractivity contribution >= 4 is 11.3 Å². The van der Waals surface area contributed by atoms with E-state index in [4.69, 9.17) is 4.74 Å². The average Bonchev–Trinajstić information content (AvgIpc) is 2.67. The zero-order valence-corrected chi connectivity index (χ0v) is 12.9. The molecule has 0 atom stereocenters. The SMILES string of the molecule is Cc1ncsc1CCOCCCCNC(C)(C)C. The number of rotatable bonds is 8. The minimum Gasteiger partial charge on any atom is -0.381 e. The molecule has 1 N–H and O–H groups in total. The van der Waals surface area contributed by atoms with Crippen LogP contribution in [0, 0.1) is 6.92 Å². The van der Waals surface area contributed by atoms with E-state index in [-0.39, 0.29) is 5.54 Å². The maximum Gasteiger partial charge on any atom is 0.0797 e. The molecule has 0 spiro atoms. The highest BCUT2D eigenvalue weighted by Crippen LogP contribution is 2.12. The van der Waals surface area contributed by atoms with Crippen molar-refractivity contribution in [1.82, 2.24) is 10.3 Å². The van der Waals surface area contributed by atoms with Crippen LogP contribution in [0.3, 0.4) is 0 Å².